The van der Waals surface area contributed by atoms with Crippen molar-refractivity contribution in [3.8, 4) is 0 Å². The minimum Gasteiger partial charge on any atom is -0.381 e. The summed E-state index contributed by atoms with van der Waals surface area (Å²) in [5, 5.41) is 3.56. The van der Waals surface area contributed by atoms with E-state index in [1.807, 2.05) is 0 Å². The second kappa shape index (κ2) is 3.56. The van der Waals surface area contributed by atoms with Crippen molar-refractivity contribution >= 4 is 0 Å². The van der Waals surface area contributed by atoms with E-state index in [4.69, 9.17) is 9.47 Å². The maximum absolute atomic E-state index is 5.99. The zero-order chi connectivity index (χ0) is 9.31. The molecule has 0 aromatic rings. The molecule has 3 heteroatoms. The van der Waals surface area contributed by atoms with Gasteiger partial charge in [-0.1, -0.05) is 0 Å². The van der Waals surface area contributed by atoms with Gasteiger partial charge >= 0.3 is 0 Å². The summed E-state index contributed by atoms with van der Waals surface area (Å²) in [7, 11) is 0. The molecule has 2 unspecified atom stereocenters. The van der Waals surface area contributed by atoms with Crippen LogP contribution in [0.15, 0.2) is 0 Å². The third-order valence-electron chi connectivity index (χ3n) is 2.92. The molecule has 0 radical (unpaired) electrons. The molecule has 2 saturated heterocycles. The highest BCUT2D eigenvalue weighted by molar-refractivity contribution is 4.88. The van der Waals surface area contributed by atoms with E-state index in [2.05, 4.69) is 19.2 Å². The molecule has 0 aromatic carbocycles. The second-order valence-electron chi connectivity index (χ2n) is 4.32. The highest BCUT2D eigenvalue weighted by Gasteiger charge is 2.39. The van der Waals surface area contributed by atoms with Crippen molar-refractivity contribution < 1.29 is 9.47 Å². The van der Waals surface area contributed by atoms with E-state index in [0.29, 0.717) is 12.1 Å². The van der Waals surface area contributed by atoms with Gasteiger partial charge in [0.25, 0.3) is 0 Å². The van der Waals surface area contributed by atoms with E-state index < -0.39 is 0 Å². The first-order valence-electron chi connectivity index (χ1n) is 5.23. The van der Waals surface area contributed by atoms with Crippen LogP contribution in [0.1, 0.15) is 33.1 Å². The molecular weight excluding hydrogens is 166 g/mol. The Hall–Kier alpha value is -0.120. The Morgan fingerprint density at radius 3 is 2.54 bits per heavy atom. The molecule has 76 valence electrons. The van der Waals surface area contributed by atoms with Gasteiger partial charge in [-0.15, -0.1) is 0 Å². The maximum Gasteiger partial charge on any atom is 0.124 e. The first-order valence-corrected chi connectivity index (χ1v) is 5.23. The Morgan fingerprint density at radius 2 is 1.92 bits per heavy atom. The molecule has 1 N–H and O–H groups in total. The quantitative estimate of drug-likeness (QED) is 0.616. The number of rotatable bonds is 0. The maximum atomic E-state index is 5.99. The van der Waals surface area contributed by atoms with Crippen molar-refractivity contribution in [2.45, 2.75) is 51.0 Å². The summed E-state index contributed by atoms with van der Waals surface area (Å²) in [6, 6.07) is 0.571. The summed E-state index contributed by atoms with van der Waals surface area (Å²) in [6.45, 7) is 6.05. The Labute approximate surface area is 79.8 Å². The molecular formula is C10H19NO2. The average Bonchev–Trinajstić information content (AvgIpc) is 2.02. The van der Waals surface area contributed by atoms with Crippen LogP contribution in [0.2, 0.25) is 0 Å². The Bertz CT molecular complexity index is 166. The van der Waals surface area contributed by atoms with Crippen molar-refractivity contribution in [2.24, 2.45) is 0 Å². The van der Waals surface area contributed by atoms with E-state index in [1.54, 1.807) is 0 Å². The predicted octanol–water partition coefficient (Wildman–Crippen LogP) is 1.28. The van der Waals surface area contributed by atoms with E-state index in [0.717, 1.165) is 32.5 Å². The van der Waals surface area contributed by atoms with E-state index >= 15 is 0 Å². The van der Waals surface area contributed by atoms with Gasteiger partial charge in [-0.25, -0.2) is 0 Å². The van der Waals surface area contributed by atoms with E-state index in [1.165, 1.54) is 0 Å². The SMILES string of the molecule is CC1CC(C)OC2(CCOCC2)N1. The summed E-state index contributed by atoms with van der Waals surface area (Å²) in [5.41, 5.74) is -0.0741. The highest BCUT2D eigenvalue weighted by Crippen LogP contribution is 2.29. The second-order valence-corrected chi connectivity index (χ2v) is 4.32. The molecule has 0 aromatic heterocycles. The van der Waals surface area contributed by atoms with Gasteiger partial charge in [0.05, 0.1) is 19.3 Å². The fourth-order valence-corrected chi connectivity index (χ4v) is 2.44. The lowest BCUT2D eigenvalue weighted by molar-refractivity contribution is -0.186. The molecule has 2 atom stereocenters. The number of ether oxygens (including phenoxy) is 2. The van der Waals surface area contributed by atoms with Crippen molar-refractivity contribution in [1.82, 2.24) is 5.32 Å². The first kappa shape index (κ1) is 9.44. The molecule has 0 aliphatic carbocycles. The van der Waals surface area contributed by atoms with Crippen LogP contribution in [0.3, 0.4) is 0 Å². The van der Waals surface area contributed by atoms with Gasteiger partial charge in [0.1, 0.15) is 5.72 Å². The van der Waals surface area contributed by atoms with Crippen LogP contribution in [0, 0.1) is 0 Å². The standard InChI is InChI=1S/C10H19NO2/c1-8-7-9(2)13-10(11-8)3-5-12-6-4-10/h8-9,11H,3-7H2,1-2H3. The van der Waals surface area contributed by atoms with Gasteiger partial charge < -0.3 is 9.47 Å². The Kier molecular flexibility index (Phi) is 2.58. The van der Waals surface area contributed by atoms with Crippen LogP contribution in [-0.4, -0.2) is 31.1 Å². The van der Waals surface area contributed by atoms with Gasteiger partial charge in [0.2, 0.25) is 0 Å². The monoisotopic (exact) mass is 185 g/mol. The minimum atomic E-state index is -0.0741. The zero-order valence-corrected chi connectivity index (χ0v) is 8.51. The number of nitrogens with one attached hydrogen (secondary N) is 1. The predicted molar refractivity (Wildman–Crippen MR) is 50.5 cm³/mol. The van der Waals surface area contributed by atoms with Gasteiger partial charge in [-0.2, -0.15) is 0 Å². The summed E-state index contributed by atoms with van der Waals surface area (Å²) in [5.74, 6) is 0. The third kappa shape index (κ3) is 2.03. The first-order chi connectivity index (χ1) is 6.20. The summed E-state index contributed by atoms with van der Waals surface area (Å²) in [4.78, 5) is 0. The van der Waals surface area contributed by atoms with Crippen molar-refractivity contribution in [3.63, 3.8) is 0 Å². The fraction of sp³-hybridized carbons (Fsp3) is 1.00. The average molecular weight is 185 g/mol. The molecule has 1 spiro atoms. The molecule has 2 fully saturated rings. The van der Waals surface area contributed by atoms with Crippen LogP contribution in [0.5, 0.6) is 0 Å². The molecule has 0 saturated carbocycles. The Balaban J connectivity index is 2.02. The summed E-state index contributed by atoms with van der Waals surface area (Å²) < 4.78 is 11.3. The van der Waals surface area contributed by atoms with Crippen LogP contribution in [0.4, 0.5) is 0 Å². The molecule has 2 heterocycles. The molecule has 13 heavy (non-hydrogen) atoms. The van der Waals surface area contributed by atoms with Crippen LogP contribution in [0.25, 0.3) is 0 Å². The molecule has 2 aliphatic rings. The highest BCUT2D eigenvalue weighted by atomic mass is 16.5. The zero-order valence-electron chi connectivity index (χ0n) is 8.51. The molecule has 3 nitrogen and oxygen atoms in total. The lowest BCUT2D eigenvalue weighted by Gasteiger charge is -2.46. The largest absolute Gasteiger partial charge is 0.381 e. The van der Waals surface area contributed by atoms with E-state index in [9.17, 15) is 0 Å². The smallest absolute Gasteiger partial charge is 0.124 e. The number of hydrogen-bond acceptors (Lipinski definition) is 3. The van der Waals surface area contributed by atoms with Crippen molar-refractivity contribution in [3.05, 3.63) is 0 Å². The van der Waals surface area contributed by atoms with Gasteiger partial charge in [0, 0.05) is 18.9 Å². The molecule has 2 rings (SSSR count). The normalized spacial score (nSPS) is 39.2. The topological polar surface area (TPSA) is 30.5 Å². The lowest BCUT2D eigenvalue weighted by Crippen LogP contribution is -2.60. The lowest BCUT2D eigenvalue weighted by atomic mass is 9.97. The van der Waals surface area contributed by atoms with Gasteiger partial charge in [-0.05, 0) is 20.3 Å². The third-order valence-corrected chi connectivity index (χ3v) is 2.92. The molecule has 0 amide bonds. The van der Waals surface area contributed by atoms with Crippen LogP contribution < -0.4 is 5.32 Å². The summed E-state index contributed by atoms with van der Waals surface area (Å²) in [6.07, 6.45) is 3.47. The molecule has 0 bridgehead atoms. The van der Waals surface area contributed by atoms with Crippen LogP contribution >= 0.6 is 0 Å². The summed E-state index contributed by atoms with van der Waals surface area (Å²) >= 11 is 0. The molecule has 2 aliphatic heterocycles. The van der Waals surface area contributed by atoms with Crippen LogP contribution in [-0.2, 0) is 9.47 Å². The van der Waals surface area contributed by atoms with Crippen molar-refractivity contribution in [2.75, 3.05) is 13.2 Å². The number of hydrogen-bond donors (Lipinski definition) is 1. The van der Waals surface area contributed by atoms with Gasteiger partial charge in [-0.3, -0.25) is 5.32 Å². The minimum absolute atomic E-state index is 0.0741. The van der Waals surface area contributed by atoms with E-state index in [-0.39, 0.29) is 5.72 Å². The Morgan fingerprint density at radius 1 is 1.23 bits per heavy atom. The van der Waals surface area contributed by atoms with Crippen molar-refractivity contribution in [1.29, 1.82) is 0 Å². The van der Waals surface area contributed by atoms with Gasteiger partial charge in [0.15, 0.2) is 0 Å². The fourth-order valence-electron chi connectivity index (χ4n) is 2.44.